The Labute approximate surface area is 118 Å². The number of nitrogens with zero attached hydrogens (tertiary/aromatic N) is 2. The van der Waals surface area contributed by atoms with E-state index < -0.39 is 12.1 Å². The fourth-order valence-electron chi connectivity index (χ4n) is 2.59. The van der Waals surface area contributed by atoms with Crippen LogP contribution in [0.25, 0.3) is 0 Å². The fourth-order valence-corrected chi connectivity index (χ4v) is 2.59. The van der Waals surface area contributed by atoms with E-state index in [1.807, 2.05) is 13.8 Å². The number of carbonyl (C=O) groups excluding carboxylic acids is 1. The molecule has 7 nitrogen and oxygen atoms in total. The minimum Gasteiger partial charge on any atom is -0.481 e. The Bertz CT molecular complexity index is 385. The van der Waals surface area contributed by atoms with Gasteiger partial charge < -0.3 is 24.4 Å². The highest BCUT2D eigenvalue weighted by Crippen LogP contribution is 2.22. The van der Waals surface area contributed by atoms with Crippen LogP contribution in [0.3, 0.4) is 0 Å². The summed E-state index contributed by atoms with van der Waals surface area (Å²) in [6, 6.07) is -0.0583. The number of hydrogen-bond acceptors (Lipinski definition) is 4. The summed E-state index contributed by atoms with van der Waals surface area (Å²) in [5.74, 6) is -0.906. The molecule has 0 bridgehead atoms. The van der Waals surface area contributed by atoms with Crippen molar-refractivity contribution in [3.63, 3.8) is 0 Å². The van der Waals surface area contributed by atoms with E-state index in [0.717, 1.165) is 0 Å². The van der Waals surface area contributed by atoms with E-state index in [1.165, 1.54) is 0 Å². The molecule has 114 valence electrons. The molecule has 2 fully saturated rings. The lowest BCUT2D eigenvalue weighted by molar-refractivity contribution is -0.141. The lowest BCUT2D eigenvalue weighted by Crippen LogP contribution is -2.61. The summed E-state index contributed by atoms with van der Waals surface area (Å²) in [5, 5.41) is 8.81. The first-order valence-electron chi connectivity index (χ1n) is 6.88. The molecule has 2 amide bonds. The van der Waals surface area contributed by atoms with Crippen molar-refractivity contribution < 1.29 is 24.2 Å². The first-order valence-corrected chi connectivity index (χ1v) is 6.88. The van der Waals surface area contributed by atoms with Crippen LogP contribution in [0.4, 0.5) is 4.79 Å². The number of morpholine rings is 2. The molecule has 0 radical (unpaired) electrons. The van der Waals surface area contributed by atoms with Gasteiger partial charge in [0.15, 0.2) is 0 Å². The monoisotopic (exact) mass is 286 g/mol. The molecule has 20 heavy (non-hydrogen) atoms. The van der Waals surface area contributed by atoms with Crippen LogP contribution in [0.2, 0.25) is 0 Å². The Kier molecular flexibility index (Phi) is 4.49. The molecule has 2 rings (SSSR count). The molecule has 0 aromatic heterocycles. The molecule has 0 aromatic carbocycles. The third kappa shape index (κ3) is 3.40. The van der Waals surface area contributed by atoms with Gasteiger partial charge in [0.25, 0.3) is 0 Å². The molecule has 0 aromatic rings. The SMILES string of the molecule is CC1(C)COCCN1C(=O)N1CCOC(CC(=O)O)C1. The van der Waals surface area contributed by atoms with Crippen LogP contribution in [-0.4, -0.2) is 78.0 Å². The maximum atomic E-state index is 12.6. The summed E-state index contributed by atoms with van der Waals surface area (Å²) >= 11 is 0. The maximum absolute atomic E-state index is 12.6. The second kappa shape index (κ2) is 5.97. The van der Waals surface area contributed by atoms with Crippen molar-refractivity contribution in [2.24, 2.45) is 0 Å². The van der Waals surface area contributed by atoms with Gasteiger partial charge in [-0.1, -0.05) is 0 Å². The largest absolute Gasteiger partial charge is 0.481 e. The molecule has 0 saturated carbocycles. The van der Waals surface area contributed by atoms with Crippen molar-refractivity contribution in [1.29, 1.82) is 0 Å². The van der Waals surface area contributed by atoms with E-state index in [2.05, 4.69) is 0 Å². The van der Waals surface area contributed by atoms with Gasteiger partial charge in [-0.05, 0) is 13.8 Å². The number of amides is 2. The smallest absolute Gasteiger partial charge is 0.320 e. The van der Waals surface area contributed by atoms with Gasteiger partial charge >= 0.3 is 12.0 Å². The summed E-state index contributed by atoms with van der Waals surface area (Å²) in [5.41, 5.74) is -0.337. The lowest BCUT2D eigenvalue weighted by Gasteiger charge is -2.45. The van der Waals surface area contributed by atoms with Crippen LogP contribution in [0, 0.1) is 0 Å². The second-order valence-corrected chi connectivity index (χ2v) is 5.84. The van der Waals surface area contributed by atoms with Crippen LogP contribution in [0.15, 0.2) is 0 Å². The van der Waals surface area contributed by atoms with Gasteiger partial charge in [0.1, 0.15) is 0 Å². The number of hydrogen-bond donors (Lipinski definition) is 1. The minimum absolute atomic E-state index is 0.0583. The zero-order valence-electron chi connectivity index (χ0n) is 12.0. The van der Waals surface area contributed by atoms with Crippen molar-refractivity contribution in [3.8, 4) is 0 Å². The zero-order valence-corrected chi connectivity index (χ0v) is 12.0. The predicted octanol–water partition coefficient (Wildman–Crippen LogP) is 0.393. The Morgan fingerprint density at radius 2 is 2.05 bits per heavy atom. The highest BCUT2D eigenvalue weighted by Gasteiger charge is 2.38. The number of urea groups is 1. The lowest BCUT2D eigenvalue weighted by atomic mass is 10.0. The highest BCUT2D eigenvalue weighted by molar-refractivity contribution is 5.76. The maximum Gasteiger partial charge on any atom is 0.320 e. The topological polar surface area (TPSA) is 79.3 Å². The average molecular weight is 286 g/mol. The molecule has 0 aliphatic carbocycles. The Morgan fingerprint density at radius 1 is 1.30 bits per heavy atom. The molecule has 7 heteroatoms. The molecule has 2 heterocycles. The van der Waals surface area contributed by atoms with Crippen molar-refractivity contribution in [1.82, 2.24) is 9.80 Å². The van der Waals surface area contributed by atoms with Gasteiger partial charge in [-0.2, -0.15) is 0 Å². The summed E-state index contributed by atoms with van der Waals surface area (Å²) in [7, 11) is 0. The van der Waals surface area contributed by atoms with Crippen molar-refractivity contribution in [2.45, 2.75) is 31.9 Å². The molecule has 2 saturated heterocycles. The van der Waals surface area contributed by atoms with Crippen molar-refractivity contribution >= 4 is 12.0 Å². The molecule has 2 aliphatic heterocycles. The molecular weight excluding hydrogens is 264 g/mol. The summed E-state index contributed by atoms with van der Waals surface area (Å²) in [4.78, 5) is 26.8. The van der Waals surface area contributed by atoms with E-state index in [0.29, 0.717) is 39.5 Å². The first-order chi connectivity index (χ1) is 9.40. The van der Waals surface area contributed by atoms with Crippen LogP contribution >= 0.6 is 0 Å². The Morgan fingerprint density at radius 3 is 2.70 bits per heavy atom. The number of aliphatic carboxylic acids is 1. The summed E-state index contributed by atoms with van der Waals surface area (Å²) in [6.07, 6.45) is -0.495. The zero-order chi connectivity index (χ0) is 14.8. The summed E-state index contributed by atoms with van der Waals surface area (Å²) < 4.78 is 10.8. The van der Waals surface area contributed by atoms with E-state index >= 15 is 0 Å². The molecular formula is C13H22N2O5. The standard InChI is InChI=1S/C13H22N2O5/c1-13(2)9-19-5-4-15(13)12(18)14-3-6-20-10(8-14)7-11(16)17/h10H,3-9H2,1-2H3,(H,16,17). The number of ether oxygens (including phenoxy) is 2. The molecule has 1 unspecified atom stereocenters. The average Bonchev–Trinajstić information content (AvgIpc) is 2.37. The Hall–Kier alpha value is -1.34. The van der Waals surface area contributed by atoms with Gasteiger partial charge in [-0.3, -0.25) is 4.79 Å². The van der Waals surface area contributed by atoms with Crippen LogP contribution in [0.1, 0.15) is 20.3 Å². The van der Waals surface area contributed by atoms with E-state index in [-0.39, 0.29) is 18.0 Å². The normalized spacial score (nSPS) is 26.4. The first kappa shape index (κ1) is 15.1. The van der Waals surface area contributed by atoms with Gasteiger partial charge in [-0.15, -0.1) is 0 Å². The van der Waals surface area contributed by atoms with Crippen LogP contribution in [-0.2, 0) is 14.3 Å². The van der Waals surface area contributed by atoms with Gasteiger partial charge in [0, 0.05) is 19.6 Å². The number of carboxylic acids is 1. The van der Waals surface area contributed by atoms with Crippen LogP contribution in [0.5, 0.6) is 0 Å². The fraction of sp³-hybridized carbons (Fsp3) is 0.846. The Balaban J connectivity index is 1.99. The third-order valence-corrected chi connectivity index (χ3v) is 3.69. The molecule has 2 aliphatic rings. The predicted molar refractivity (Wildman–Crippen MR) is 70.6 cm³/mol. The molecule has 1 N–H and O–H groups in total. The van der Waals surface area contributed by atoms with Gasteiger partial charge in [-0.25, -0.2) is 4.79 Å². The van der Waals surface area contributed by atoms with Gasteiger partial charge in [0.05, 0.1) is 37.9 Å². The molecule has 0 spiro atoms. The number of carbonyl (C=O) groups is 2. The van der Waals surface area contributed by atoms with Crippen molar-refractivity contribution in [3.05, 3.63) is 0 Å². The van der Waals surface area contributed by atoms with E-state index in [4.69, 9.17) is 14.6 Å². The highest BCUT2D eigenvalue weighted by atomic mass is 16.5. The number of carboxylic acid groups (broad SMARTS) is 1. The van der Waals surface area contributed by atoms with E-state index in [9.17, 15) is 9.59 Å². The summed E-state index contributed by atoms with van der Waals surface area (Å²) in [6.45, 7) is 6.78. The second-order valence-electron chi connectivity index (χ2n) is 5.84. The van der Waals surface area contributed by atoms with Crippen LogP contribution < -0.4 is 0 Å². The molecule has 1 atom stereocenters. The van der Waals surface area contributed by atoms with Crippen molar-refractivity contribution in [2.75, 3.05) is 39.5 Å². The third-order valence-electron chi connectivity index (χ3n) is 3.69. The van der Waals surface area contributed by atoms with Gasteiger partial charge in [0.2, 0.25) is 0 Å². The number of rotatable bonds is 2. The quantitative estimate of drug-likeness (QED) is 0.794. The minimum atomic E-state index is -0.906. The van der Waals surface area contributed by atoms with E-state index in [1.54, 1.807) is 9.80 Å².